The molecule has 0 fully saturated rings. The third-order valence-electron chi connectivity index (χ3n) is 2.51. The molecule has 0 amide bonds. The average Bonchev–Trinajstić information content (AvgIpc) is 2.50. The van der Waals surface area contributed by atoms with E-state index in [4.69, 9.17) is 4.74 Å². The number of rotatable bonds is 6. The largest absolute Gasteiger partial charge is 0.507 e. The van der Waals surface area contributed by atoms with Crippen LogP contribution in [0.4, 0.5) is 0 Å². The van der Waals surface area contributed by atoms with E-state index in [1.807, 2.05) is 20.1 Å². The normalized spacial score (nSPS) is 20.0. The molecule has 1 N–H and O–H groups in total. The van der Waals surface area contributed by atoms with Gasteiger partial charge in [-0.25, -0.2) is 4.79 Å². The first-order chi connectivity index (χ1) is 7.97. The van der Waals surface area contributed by atoms with Crippen molar-refractivity contribution in [2.75, 3.05) is 12.0 Å². The Hall–Kier alpha value is -0.970. The number of carbonyl (C=O) groups is 2. The van der Waals surface area contributed by atoms with E-state index >= 15 is 0 Å². The number of Topliss-reactive ketones (excluding diaryl/α,β-unsaturated/α-hetero) is 1. The van der Waals surface area contributed by atoms with Gasteiger partial charge in [0.2, 0.25) is 0 Å². The standard InChI is InChI=1S/C12H18O4S/c1-7(2)6-9-11(14)10(12(15)16-9)8(13)4-5-17-3/h7,9,14H,4-6H2,1-3H3. The molecule has 96 valence electrons. The number of ketones is 1. The van der Waals surface area contributed by atoms with Crippen LogP contribution in [0, 0.1) is 5.92 Å². The molecule has 1 unspecified atom stereocenters. The molecule has 0 aliphatic carbocycles. The van der Waals surface area contributed by atoms with Crippen molar-refractivity contribution in [3.63, 3.8) is 0 Å². The molecule has 0 saturated carbocycles. The molecule has 1 heterocycles. The number of carbonyl (C=O) groups excluding carboxylic acids is 2. The van der Waals surface area contributed by atoms with Gasteiger partial charge in [-0.15, -0.1) is 0 Å². The second-order valence-corrected chi connectivity index (χ2v) is 5.44. The Morgan fingerprint density at radius 3 is 2.71 bits per heavy atom. The summed E-state index contributed by atoms with van der Waals surface area (Å²) in [6.45, 7) is 3.93. The number of aliphatic hydroxyl groups is 1. The molecule has 1 aliphatic heterocycles. The van der Waals surface area contributed by atoms with Gasteiger partial charge in [-0.3, -0.25) is 4.79 Å². The maximum absolute atomic E-state index is 11.7. The van der Waals surface area contributed by atoms with Crippen molar-refractivity contribution in [1.82, 2.24) is 0 Å². The van der Waals surface area contributed by atoms with Gasteiger partial charge in [-0.2, -0.15) is 11.8 Å². The van der Waals surface area contributed by atoms with Gasteiger partial charge in [-0.1, -0.05) is 13.8 Å². The maximum atomic E-state index is 11.7. The Balaban J connectivity index is 2.77. The molecule has 17 heavy (non-hydrogen) atoms. The van der Waals surface area contributed by atoms with E-state index < -0.39 is 12.1 Å². The summed E-state index contributed by atoms with van der Waals surface area (Å²) in [5.74, 6) is -0.268. The van der Waals surface area contributed by atoms with Gasteiger partial charge in [0.1, 0.15) is 5.57 Å². The lowest BCUT2D eigenvalue weighted by Gasteiger charge is -2.11. The fourth-order valence-corrected chi connectivity index (χ4v) is 2.06. The van der Waals surface area contributed by atoms with E-state index in [0.29, 0.717) is 12.2 Å². The molecule has 4 nitrogen and oxygen atoms in total. The predicted molar refractivity (Wildman–Crippen MR) is 67.0 cm³/mol. The fourth-order valence-electron chi connectivity index (χ4n) is 1.67. The topological polar surface area (TPSA) is 63.6 Å². The lowest BCUT2D eigenvalue weighted by Crippen LogP contribution is -2.14. The smallest absolute Gasteiger partial charge is 0.346 e. The van der Waals surface area contributed by atoms with Crippen molar-refractivity contribution < 1.29 is 19.4 Å². The van der Waals surface area contributed by atoms with E-state index in [1.54, 1.807) is 0 Å². The highest BCUT2D eigenvalue weighted by Crippen LogP contribution is 2.27. The van der Waals surface area contributed by atoms with Gasteiger partial charge in [0.25, 0.3) is 0 Å². The maximum Gasteiger partial charge on any atom is 0.346 e. The molecule has 1 atom stereocenters. The Morgan fingerprint density at radius 2 is 2.18 bits per heavy atom. The van der Waals surface area contributed by atoms with Gasteiger partial charge in [0.15, 0.2) is 17.6 Å². The van der Waals surface area contributed by atoms with Crippen LogP contribution < -0.4 is 0 Å². The Bertz CT molecular complexity index is 346. The lowest BCUT2D eigenvalue weighted by atomic mass is 10.0. The van der Waals surface area contributed by atoms with E-state index in [-0.39, 0.29) is 29.5 Å². The van der Waals surface area contributed by atoms with Crippen LogP contribution in [0.2, 0.25) is 0 Å². The number of ether oxygens (including phenoxy) is 1. The molecular weight excluding hydrogens is 240 g/mol. The van der Waals surface area contributed by atoms with Crippen molar-refractivity contribution in [3.8, 4) is 0 Å². The Kier molecular flexibility index (Phi) is 5.05. The summed E-state index contributed by atoms with van der Waals surface area (Å²) in [6.07, 6.45) is 2.03. The second-order valence-electron chi connectivity index (χ2n) is 4.45. The molecule has 0 spiro atoms. The molecule has 0 bridgehead atoms. The van der Waals surface area contributed by atoms with Crippen molar-refractivity contribution in [2.45, 2.75) is 32.8 Å². The first-order valence-corrected chi connectivity index (χ1v) is 7.03. The number of hydrogen-bond acceptors (Lipinski definition) is 5. The van der Waals surface area contributed by atoms with E-state index in [1.165, 1.54) is 11.8 Å². The van der Waals surface area contributed by atoms with Crippen LogP contribution in [0.1, 0.15) is 26.7 Å². The monoisotopic (exact) mass is 258 g/mol. The molecular formula is C12H18O4S. The predicted octanol–water partition coefficient (Wildman–Crippen LogP) is 2.09. The van der Waals surface area contributed by atoms with Crippen molar-refractivity contribution >= 4 is 23.5 Å². The first-order valence-electron chi connectivity index (χ1n) is 5.63. The number of hydrogen-bond donors (Lipinski definition) is 1. The van der Waals surface area contributed by atoms with Crippen LogP contribution in [0.3, 0.4) is 0 Å². The molecule has 1 aliphatic rings. The van der Waals surface area contributed by atoms with Crippen molar-refractivity contribution in [1.29, 1.82) is 0 Å². The minimum absolute atomic E-state index is 0.148. The quantitative estimate of drug-likeness (QED) is 0.584. The number of esters is 1. The van der Waals surface area contributed by atoms with Gasteiger partial charge in [0, 0.05) is 12.2 Å². The summed E-state index contributed by atoms with van der Waals surface area (Å²) in [7, 11) is 0. The molecule has 0 aromatic heterocycles. The van der Waals surface area contributed by atoms with Crippen LogP contribution in [0.25, 0.3) is 0 Å². The molecule has 0 aromatic rings. The number of cyclic esters (lactones) is 1. The van der Waals surface area contributed by atoms with Gasteiger partial charge < -0.3 is 9.84 Å². The molecule has 1 rings (SSSR count). The van der Waals surface area contributed by atoms with E-state index in [2.05, 4.69) is 0 Å². The second kappa shape index (κ2) is 6.10. The zero-order valence-electron chi connectivity index (χ0n) is 10.4. The molecule has 5 heteroatoms. The number of thioether (sulfide) groups is 1. The van der Waals surface area contributed by atoms with Crippen LogP contribution in [0.5, 0.6) is 0 Å². The summed E-state index contributed by atoms with van der Waals surface area (Å²) >= 11 is 1.53. The summed E-state index contributed by atoms with van der Waals surface area (Å²) in [5, 5.41) is 9.84. The Morgan fingerprint density at radius 1 is 1.53 bits per heavy atom. The van der Waals surface area contributed by atoms with Gasteiger partial charge >= 0.3 is 5.97 Å². The van der Waals surface area contributed by atoms with Crippen LogP contribution in [-0.2, 0) is 14.3 Å². The highest BCUT2D eigenvalue weighted by atomic mass is 32.2. The van der Waals surface area contributed by atoms with Crippen molar-refractivity contribution in [3.05, 3.63) is 11.3 Å². The third-order valence-corrected chi connectivity index (χ3v) is 3.12. The van der Waals surface area contributed by atoms with Gasteiger partial charge in [-0.05, 0) is 18.6 Å². The van der Waals surface area contributed by atoms with Crippen LogP contribution in [0.15, 0.2) is 11.3 Å². The lowest BCUT2D eigenvalue weighted by molar-refractivity contribution is -0.141. The highest BCUT2D eigenvalue weighted by Gasteiger charge is 2.37. The fraction of sp³-hybridized carbons (Fsp3) is 0.667. The summed E-state index contributed by atoms with van der Waals surface area (Å²) in [6, 6.07) is 0. The number of aliphatic hydroxyl groups excluding tert-OH is 1. The summed E-state index contributed by atoms with van der Waals surface area (Å²) < 4.78 is 5.01. The first kappa shape index (κ1) is 14.1. The highest BCUT2D eigenvalue weighted by molar-refractivity contribution is 7.98. The molecule has 0 saturated heterocycles. The minimum atomic E-state index is -0.681. The minimum Gasteiger partial charge on any atom is -0.507 e. The third kappa shape index (κ3) is 3.49. The van der Waals surface area contributed by atoms with Gasteiger partial charge in [0.05, 0.1) is 0 Å². The average molecular weight is 258 g/mol. The van der Waals surface area contributed by atoms with Crippen molar-refractivity contribution in [2.24, 2.45) is 5.92 Å². The zero-order chi connectivity index (χ0) is 13.0. The summed E-state index contributed by atoms with van der Waals surface area (Å²) in [5.41, 5.74) is -0.148. The molecule has 0 aromatic carbocycles. The van der Waals surface area contributed by atoms with Crippen LogP contribution >= 0.6 is 11.8 Å². The SMILES string of the molecule is CSCCC(=O)C1=C(O)C(CC(C)C)OC1=O. The van der Waals surface area contributed by atoms with E-state index in [9.17, 15) is 14.7 Å². The Labute approximate surface area is 105 Å². The zero-order valence-corrected chi connectivity index (χ0v) is 11.2. The summed E-state index contributed by atoms with van der Waals surface area (Å²) in [4.78, 5) is 23.2. The molecule has 0 radical (unpaired) electrons. The van der Waals surface area contributed by atoms with Crippen LogP contribution in [-0.4, -0.2) is 35.0 Å². The van der Waals surface area contributed by atoms with E-state index in [0.717, 1.165) is 0 Å².